The first kappa shape index (κ1) is 18.8. The Morgan fingerprint density at radius 2 is 2.04 bits per heavy atom. The van der Waals surface area contributed by atoms with Gasteiger partial charge in [-0.15, -0.1) is 23.7 Å². The molecule has 3 rings (SSSR count). The van der Waals surface area contributed by atoms with Crippen molar-refractivity contribution in [3.8, 4) is 0 Å². The van der Waals surface area contributed by atoms with E-state index in [9.17, 15) is 4.79 Å². The van der Waals surface area contributed by atoms with Crippen molar-refractivity contribution in [2.45, 2.75) is 70.5 Å². The van der Waals surface area contributed by atoms with Crippen molar-refractivity contribution in [2.24, 2.45) is 11.8 Å². The monoisotopic (exact) mass is 356 g/mol. The lowest BCUT2D eigenvalue weighted by molar-refractivity contribution is -0.123. The van der Waals surface area contributed by atoms with Crippen LogP contribution in [0.25, 0.3) is 0 Å². The summed E-state index contributed by atoms with van der Waals surface area (Å²) < 4.78 is 0. The quantitative estimate of drug-likeness (QED) is 0.798. The van der Waals surface area contributed by atoms with Crippen LogP contribution >= 0.6 is 23.7 Å². The zero-order valence-electron chi connectivity index (χ0n) is 14.1. The van der Waals surface area contributed by atoms with Gasteiger partial charge in [0, 0.05) is 23.4 Å². The van der Waals surface area contributed by atoms with E-state index in [1.54, 1.807) is 11.3 Å². The first-order valence-electron chi connectivity index (χ1n) is 8.69. The molecule has 1 aromatic rings. The highest BCUT2D eigenvalue weighted by molar-refractivity contribution is 7.10. The van der Waals surface area contributed by atoms with Crippen LogP contribution in [-0.4, -0.2) is 18.0 Å². The van der Waals surface area contributed by atoms with Crippen molar-refractivity contribution in [2.75, 3.05) is 0 Å². The summed E-state index contributed by atoms with van der Waals surface area (Å²) in [4.78, 5) is 13.8. The third kappa shape index (κ3) is 5.20. The van der Waals surface area contributed by atoms with Crippen molar-refractivity contribution in [3.05, 3.63) is 22.4 Å². The molecule has 2 N–H and O–H groups in total. The minimum absolute atomic E-state index is 0. The number of hydrogen-bond donors (Lipinski definition) is 2. The number of hydrogen-bond acceptors (Lipinski definition) is 3. The number of amides is 1. The fraction of sp³-hybridized carbons (Fsp3) is 0.722. The van der Waals surface area contributed by atoms with E-state index in [-0.39, 0.29) is 24.4 Å². The Hall–Kier alpha value is -0.580. The van der Waals surface area contributed by atoms with Crippen LogP contribution in [0.1, 0.15) is 63.3 Å². The summed E-state index contributed by atoms with van der Waals surface area (Å²) in [6.45, 7) is 4.44. The number of carbonyl (C=O) groups is 1. The fourth-order valence-corrected chi connectivity index (χ4v) is 4.86. The molecule has 0 spiro atoms. The van der Waals surface area contributed by atoms with Gasteiger partial charge in [0.25, 0.3) is 0 Å². The molecular weight excluding hydrogens is 328 g/mol. The second-order valence-corrected chi connectivity index (χ2v) is 8.42. The van der Waals surface area contributed by atoms with Gasteiger partial charge in [-0.05, 0) is 55.4 Å². The maximum absolute atomic E-state index is 12.5. The summed E-state index contributed by atoms with van der Waals surface area (Å²) in [5, 5.41) is 9.05. The van der Waals surface area contributed by atoms with Crippen LogP contribution in [0.15, 0.2) is 17.5 Å². The maximum atomic E-state index is 12.5. The molecule has 3 nitrogen and oxygen atoms in total. The van der Waals surface area contributed by atoms with Gasteiger partial charge in [-0.1, -0.05) is 19.9 Å². The third-order valence-electron chi connectivity index (χ3n) is 4.97. The van der Waals surface area contributed by atoms with E-state index in [1.807, 2.05) is 0 Å². The van der Waals surface area contributed by atoms with Crippen LogP contribution in [-0.2, 0) is 4.79 Å². The Bertz CT molecular complexity index is 479. The number of halogens is 1. The zero-order chi connectivity index (χ0) is 15.5. The number of rotatable bonds is 6. The summed E-state index contributed by atoms with van der Waals surface area (Å²) >= 11 is 1.75. The van der Waals surface area contributed by atoms with E-state index in [4.69, 9.17) is 0 Å². The predicted molar refractivity (Wildman–Crippen MR) is 99.2 cm³/mol. The van der Waals surface area contributed by atoms with Crippen LogP contribution in [0.2, 0.25) is 0 Å². The van der Waals surface area contributed by atoms with Crippen molar-refractivity contribution in [1.82, 2.24) is 10.6 Å². The second kappa shape index (κ2) is 8.50. The highest BCUT2D eigenvalue weighted by Gasteiger charge is 2.34. The molecule has 2 aliphatic rings. The van der Waals surface area contributed by atoms with Gasteiger partial charge in [0.15, 0.2) is 0 Å². The summed E-state index contributed by atoms with van der Waals surface area (Å²) in [6.07, 6.45) is 6.68. The smallest absolute Gasteiger partial charge is 0.220 e. The normalized spacial score (nSPS) is 27.5. The lowest BCUT2D eigenvalue weighted by Gasteiger charge is -2.29. The topological polar surface area (TPSA) is 41.1 Å². The van der Waals surface area contributed by atoms with Gasteiger partial charge in [0.1, 0.15) is 0 Å². The highest BCUT2D eigenvalue weighted by Crippen LogP contribution is 2.33. The fourth-order valence-electron chi connectivity index (χ4n) is 4.06. The lowest BCUT2D eigenvalue weighted by Crippen LogP contribution is -2.40. The van der Waals surface area contributed by atoms with Crippen molar-refractivity contribution < 1.29 is 4.79 Å². The number of carbonyl (C=O) groups excluding carboxylic acids is 1. The minimum atomic E-state index is 0. The van der Waals surface area contributed by atoms with Crippen LogP contribution in [0, 0.1) is 11.8 Å². The molecule has 3 atom stereocenters. The molecule has 1 amide bonds. The van der Waals surface area contributed by atoms with Crippen molar-refractivity contribution >= 4 is 29.7 Å². The molecule has 23 heavy (non-hydrogen) atoms. The molecule has 5 heteroatoms. The molecule has 2 bridgehead atoms. The van der Waals surface area contributed by atoms with E-state index in [1.165, 1.54) is 30.6 Å². The summed E-state index contributed by atoms with van der Waals surface area (Å²) in [6, 6.07) is 5.73. The largest absolute Gasteiger partial charge is 0.348 e. The average molecular weight is 357 g/mol. The zero-order valence-corrected chi connectivity index (χ0v) is 15.7. The molecule has 0 aromatic carbocycles. The van der Waals surface area contributed by atoms with E-state index in [0.717, 1.165) is 6.42 Å². The Labute approximate surface area is 150 Å². The SMILES string of the molecule is CC(C)CC(NC(=O)CC1CC2CCC(C1)N2)c1cccs1.Cl. The number of piperidine rings is 1. The molecule has 0 saturated carbocycles. The molecule has 130 valence electrons. The van der Waals surface area contributed by atoms with Crippen LogP contribution in [0.4, 0.5) is 0 Å². The van der Waals surface area contributed by atoms with Crippen LogP contribution < -0.4 is 10.6 Å². The van der Waals surface area contributed by atoms with Crippen LogP contribution in [0.3, 0.4) is 0 Å². The Morgan fingerprint density at radius 1 is 1.35 bits per heavy atom. The molecule has 0 radical (unpaired) electrons. The summed E-state index contributed by atoms with van der Waals surface area (Å²) in [5.41, 5.74) is 0. The number of fused-ring (bicyclic) bond motifs is 2. The minimum Gasteiger partial charge on any atom is -0.348 e. The second-order valence-electron chi connectivity index (χ2n) is 7.44. The van der Waals surface area contributed by atoms with E-state index >= 15 is 0 Å². The van der Waals surface area contributed by atoms with Gasteiger partial charge in [-0.2, -0.15) is 0 Å². The Balaban J connectivity index is 0.00000192. The Morgan fingerprint density at radius 3 is 2.61 bits per heavy atom. The molecule has 1 aromatic heterocycles. The van der Waals surface area contributed by atoms with E-state index < -0.39 is 0 Å². The predicted octanol–water partition coefficient (Wildman–Crippen LogP) is 4.29. The van der Waals surface area contributed by atoms with Gasteiger partial charge in [-0.3, -0.25) is 4.79 Å². The number of nitrogens with one attached hydrogen (secondary N) is 2. The average Bonchev–Trinajstić information content (AvgIpc) is 3.07. The van der Waals surface area contributed by atoms with Gasteiger partial charge in [0.05, 0.1) is 6.04 Å². The first-order chi connectivity index (χ1) is 10.6. The van der Waals surface area contributed by atoms with E-state index in [2.05, 4.69) is 42.0 Å². The first-order valence-corrected chi connectivity index (χ1v) is 9.57. The molecular formula is C18H29ClN2OS. The third-order valence-corrected chi connectivity index (χ3v) is 5.96. The standard InChI is InChI=1S/C18H28N2OS.ClH/c1-12(2)8-16(17-4-3-7-22-17)20-18(21)11-13-9-14-5-6-15(10-13)19-14;/h3-4,7,12-16,19H,5-6,8-11H2,1-2H3,(H,20,21);1H. The maximum Gasteiger partial charge on any atom is 0.220 e. The molecule has 2 aliphatic heterocycles. The Kier molecular flexibility index (Phi) is 6.93. The molecule has 3 unspecified atom stereocenters. The van der Waals surface area contributed by atoms with Gasteiger partial charge >= 0.3 is 0 Å². The van der Waals surface area contributed by atoms with E-state index in [0.29, 0.717) is 30.3 Å². The molecule has 2 saturated heterocycles. The van der Waals surface area contributed by atoms with Gasteiger partial charge in [-0.25, -0.2) is 0 Å². The molecule has 0 aliphatic carbocycles. The van der Waals surface area contributed by atoms with Crippen molar-refractivity contribution in [3.63, 3.8) is 0 Å². The molecule has 2 fully saturated rings. The number of thiophene rings is 1. The summed E-state index contributed by atoms with van der Waals surface area (Å²) in [5.74, 6) is 1.40. The van der Waals surface area contributed by atoms with Gasteiger partial charge < -0.3 is 10.6 Å². The summed E-state index contributed by atoms with van der Waals surface area (Å²) in [7, 11) is 0. The van der Waals surface area contributed by atoms with Crippen LogP contribution in [0.5, 0.6) is 0 Å². The highest BCUT2D eigenvalue weighted by atomic mass is 35.5. The molecule has 3 heterocycles. The lowest BCUT2D eigenvalue weighted by atomic mass is 9.89. The van der Waals surface area contributed by atoms with Crippen molar-refractivity contribution in [1.29, 1.82) is 0 Å². The van der Waals surface area contributed by atoms with Gasteiger partial charge in [0.2, 0.25) is 5.91 Å².